The molecule has 1 heterocycles. The van der Waals surface area contributed by atoms with Crippen molar-refractivity contribution in [1.29, 1.82) is 0 Å². The van der Waals surface area contributed by atoms with Crippen molar-refractivity contribution in [3.05, 3.63) is 63.3 Å². The molecule has 1 aliphatic carbocycles. The number of Topliss-reactive ketones (excluding diaryl/α,β-unsaturated/α-hetero) is 1. The van der Waals surface area contributed by atoms with Crippen molar-refractivity contribution in [1.82, 2.24) is 5.32 Å². The molecule has 1 aliphatic heterocycles. The zero-order valence-electron chi connectivity index (χ0n) is 17.7. The van der Waals surface area contributed by atoms with Crippen molar-refractivity contribution in [2.24, 2.45) is 0 Å². The molecule has 7 heteroatoms. The van der Waals surface area contributed by atoms with Gasteiger partial charge in [0.15, 0.2) is 5.78 Å². The van der Waals surface area contributed by atoms with Gasteiger partial charge in [0.25, 0.3) is 0 Å². The highest BCUT2D eigenvalue weighted by atomic mass is 79.9. The van der Waals surface area contributed by atoms with Crippen LogP contribution in [0.25, 0.3) is 0 Å². The summed E-state index contributed by atoms with van der Waals surface area (Å²) in [5.74, 6) is 1.54. The lowest BCUT2D eigenvalue weighted by molar-refractivity contribution is -0.122. The van der Waals surface area contributed by atoms with E-state index in [4.69, 9.17) is 14.2 Å². The minimum absolute atomic E-state index is 0.0123. The zero-order chi connectivity index (χ0) is 22.1. The van der Waals surface area contributed by atoms with Crippen LogP contribution in [0.15, 0.2) is 52.1 Å². The summed E-state index contributed by atoms with van der Waals surface area (Å²) in [5.41, 5.74) is 3.17. The van der Waals surface area contributed by atoms with Crippen molar-refractivity contribution >= 4 is 27.6 Å². The highest BCUT2D eigenvalue weighted by molar-refractivity contribution is 9.10. The van der Waals surface area contributed by atoms with Crippen LogP contribution >= 0.6 is 15.9 Å². The third kappa shape index (κ3) is 4.06. The number of halogens is 1. The number of carbonyl (C=O) groups is 2. The van der Waals surface area contributed by atoms with Gasteiger partial charge >= 0.3 is 0 Å². The van der Waals surface area contributed by atoms with E-state index >= 15 is 0 Å². The Bertz CT molecular complexity index is 1080. The molecule has 0 radical (unpaired) electrons. The van der Waals surface area contributed by atoms with Crippen LogP contribution in [0.2, 0.25) is 0 Å². The molecular weight excluding hydrogens is 462 g/mol. The molecule has 162 valence electrons. The summed E-state index contributed by atoms with van der Waals surface area (Å²) < 4.78 is 17.1. The molecule has 0 bridgehead atoms. The van der Waals surface area contributed by atoms with E-state index in [0.29, 0.717) is 35.6 Å². The summed E-state index contributed by atoms with van der Waals surface area (Å²) in [4.78, 5) is 26.0. The highest BCUT2D eigenvalue weighted by Gasteiger charge is 2.39. The maximum atomic E-state index is 13.4. The second-order valence-electron chi connectivity index (χ2n) is 7.73. The first kappa shape index (κ1) is 21.4. The molecule has 6 nitrogen and oxygen atoms in total. The number of benzene rings is 2. The van der Waals surface area contributed by atoms with E-state index in [1.807, 2.05) is 36.4 Å². The van der Waals surface area contributed by atoms with Crippen molar-refractivity contribution in [2.75, 3.05) is 21.3 Å². The number of amides is 1. The molecule has 31 heavy (non-hydrogen) atoms. The van der Waals surface area contributed by atoms with Crippen molar-refractivity contribution in [3.63, 3.8) is 0 Å². The number of nitrogens with one attached hydrogen (secondary N) is 1. The van der Waals surface area contributed by atoms with Crippen LogP contribution < -0.4 is 19.5 Å². The van der Waals surface area contributed by atoms with Crippen LogP contribution in [-0.2, 0) is 9.59 Å². The van der Waals surface area contributed by atoms with Gasteiger partial charge in [0.05, 0.1) is 25.8 Å². The number of carbonyl (C=O) groups excluding carboxylic acids is 2. The summed E-state index contributed by atoms with van der Waals surface area (Å²) in [7, 11) is 4.79. The van der Waals surface area contributed by atoms with E-state index < -0.39 is 0 Å². The van der Waals surface area contributed by atoms with E-state index in [1.54, 1.807) is 21.3 Å². The second-order valence-corrected chi connectivity index (χ2v) is 8.59. The third-order valence-corrected chi connectivity index (χ3v) is 6.60. The van der Waals surface area contributed by atoms with Crippen LogP contribution in [0.5, 0.6) is 17.2 Å². The van der Waals surface area contributed by atoms with Crippen LogP contribution in [0, 0.1) is 0 Å². The summed E-state index contributed by atoms with van der Waals surface area (Å²) in [6.07, 6.45) is 1.16. The molecule has 0 saturated carbocycles. The summed E-state index contributed by atoms with van der Waals surface area (Å²) in [6.45, 7) is 0. The maximum absolute atomic E-state index is 13.4. The third-order valence-electron chi connectivity index (χ3n) is 5.98. The van der Waals surface area contributed by atoms with Crippen LogP contribution in [0.4, 0.5) is 0 Å². The number of methoxy groups -OCH3 is 3. The minimum Gasteiger partial charge on any atom is -0.497 e. The number of ketones is 1. The monoisotopic (exact) mass is 485 g/mol. The van der Waals surface area contributed by atoms with E-state index in [2.05, 4.69) is 21.2 Å². The number of hydrogen-bond acceptors (Lipinski definition) is 5. The molecule has 0 aromatic heterocycles. The van der Waals surface area contributed by atoms with Crippen molar-refractivity contribution < 1.29 is 23.8 Å². The fourth-order valence-electron chi connectivity index (χ4n) is 4.51. The smallest absolute Gasteiger partial charge is 0.225 e. The van der Waals surface area contributed by atoms with Gasteiger partial charge in [0, 0.05) is 35.6 Å². The van der Waals surface area contributed by atoms with Gasteiger partial charge in [-0.3, -0.25) is 9.59 Å². The number of ether oxygens (including phenoxy) is 3. The molecule has 2 atom stereocenters. The Kier molecular flexibility index (Phi) is 6.05. The molecule has 0 saturated heterocycles. The average molecular weight is 486 g/mol. The molecule has 0 spiro atoms. The molecule has 4 rings (SSSR count). The Hall–Kier alpha value is -2.80. The predicted molar refractivity (Wildman–Crippen MR) is 120 cm³/mol. The lowest BCUT2D eigenvalue weighted by atomic mass is 9.73. The molecule has 1 N–H and O–H groups in total. The Morgan fingerprint density at radius 1 is 0.935 bits per heavy atom. The van der Waals surface area contributed by atoms with E-state index in [9.17, 15) is 9.59 Å². The van der Waals surface area contributed by atoms with Gasteiger partial charge < -0.3 is 19.5 Å². The average Bonchev–Trinajstić information content (AvgIpc) is 2.77. The molecule has 2 unspecified atom stereocenters. The molecule has 2 aliphatic rings. The van der Waals surface area contributed by atoms with Gasteiger partial charge in [0.1, 0.15) is 17.2 Å². The van der Waals surface area contributed by atoms with E-state index in [-0.39, 0.29) is 29.9 Å². The molecule has 0 fully saturated rings. The lowest BCUT2D eigenvalue weighted by Crippen LogP contribution is -2.38. The standard InChI is InChI=1S/C24H24BrNO5/c1-29-15-6-4-5-13(7-15)14-8-19-24(20(27)9-14)17(11-23(28)26-19)16-10-22(31-3)18(25)12-21(16)30-2/h4-7,10,12,14,17H,8-9,11H2,1-3H3,(H,26,28). The highest BCUT2D eigenvalue weighted by Crippen LogP contribution is 2.46. The number of rotatable bonds is 5. The normalized spacial score (nSPS) is 20.8. The SMILES string of the molecule is COc1cccc(C2CC(=O)C3=C(C2)NC(=O)CC3c2cc(OC)c(Br)cc2OC)c1. The molecular formula is C24H24BrNO5. The van der Waals surface area contributed by atoms with Gasteiger partial charge in [-0.05, 0) is 58.1 Å². The molecule has 2 aromatic carbocycles. The Labute approximate surface area is 189 Å². The quantitative estimate of drug-likeness (QED) is 0.675. The molecule has 2 aromatic rings. The molecule has 1 amide bonds. The Balaban J connectivity index is 1.76. The predicted octanol–water partition coefficient (Wildman–Crippen LogP) is 4.48. The summed E-state index contributed by atoms with van der Waals surface area (Å²) in [6, 6.07) is 11.4. The van der Waals surface area contributed by atoms with Gasteiger partial charge in [-0.25, -0.2) is 0 Å². The fourth-order valence-corrected chi connectivity index (χ4v) is 5.00. The van der Waals surface area contributed by atoms with E-state index in [0.717, 1.165) is 21.3 Å². The summed E-state index contributed by atoms with van der Waals surface area (Å²) >= 11 is 3.47. The van der Waals surface area contributed by atoms with Crippen molar-refractivity contribution in [2.45, 2.75) is 31.1 Å². The first-order chi connectivity index (χ1) is 14.9. The first-order valence-electron chi connectivity index (χ1n) is 10.1. The van der Waals surface area contributed by atoms with Crippen LogP contribution in [0.3, 0.4) is 0 Å². The van der Waals surface area contributed by atoms with Crippen LogP contribution in [-0.4, -0.2) is 33.0 Å². The number of allylic oxidation sites excluding steroid dienone is 2. The summed E-state index contributed by atoms with van der Waals surface area (Å²) in [5, 5.41) is 2.96. The second kappa shape index (κ2) is 8.75. The van der Waals surface area contributed by atoms with Gasteiger partial charge in [0.2, 0.25) is 5.91 Å². The minimum atomic E-state index is -0.376. The maximum Gasteiger partial charge on any atom is 0.225 e. The first-order valence-corrected chi connectivity index (χ1v) is 10.9. The topological polar surface area (TPSA) is 73.9 Å². The fraction of sp³-hybridized carbons (Fsp3) is 0.333. The Morgan fingerprint density at radius 2 is 1.71 bits per heavy atom. The van der Waals surface area contributed by atoms with Gasteiger partial charge in [-0.15, -0.1) is 0 Å². The van der Waals surface area contributed by atoms with Crippen molar-refractivity contribution in [3.8, 4) is 17.2 Å². The largest absolute Gasteiger partial charge is 0.497 e. The number of hydrogen-bond donors (Lipinski definition) is 1. The van der Waals surface area contributed by atoms with Crippen LogP contribution in [0.1, 0.15) is 42.2 Å². The Morgan fingerprint density at radius 3 is 2.42 bits per heavy atom. The van der Waals surface area contributed by atoms with Gasteiger partial charge in [-0.2, -0.15) is 0 Å². The van der Waals surface area contributed by atoms with E-state index in [1.165, 1.54) is 0 Å². The van der Waals surface area contributed by atoms with Gasteiger partial charge in [-0.1, -0.05) is 12.1 Å². The zero-order valence-corrected chi connectivity index (χ0v) is 19.2. The lowest BCUT2D eigenvalue weighted by Gasteiger charge is -2.35.